The fraction of sp³-hybridized carbons (Fsp3) is 0.714. The highest BCUT2D eigenvalue weighted by Gasteiger charge is 2.17. The minimum atomic E-state index is -0.189. The average molecular weight is 349 g/mol. The van der Waals surface area contributed by atoms with Gasteiger partial charge in [-0.25, -0.2) is 0 Å². The van der Waals surface area contributed by atoms with Crippen LogP contribution in [0, 0.1) is 12.8 Å². The van der Waals surface area contributed by atoms with E-state index >= 15 is 0 Å². The Balaban J connectivity index is 2.42. The number of pyridine rings is 1. The van der Waals surface area contributed by atoms with Crippen molar-refractivity contribution in [3.8, 4) is 0 Å². The first-order valence-electron chi connectivity index (χ1n) is 9.59. The molecule has 0 aromatic carbocycles. The van der Waals surface area contributed by atoms with Crippen LogP contribution in [-0.4, -0.2) is 29.6 Å². The Morgan fingerprint density at radius 1 is 1.28 bits per heavy atom. The minimum Gasteiger partial charge on any atom is -0.376 e. The van der Waals surface area contributed by atoms with Crippen molar-refractivity contribution in [1.29, 1.82) is 0 Å². The molecule has 1 N–H and O–H groups in total. The van der Waals surface area contributed by atoms with E-state index < -0.39 is 0 Å². The smallest absolute Gasteiger partial charge is 0.220 e. The number of ether oxygens (including phenoxy) is 1. The van der Waals surface area contributed by atoms with Crippen LogP contribution in [0.2, 0.25) is 0 Å². The van der Waals surface area contributed by atoms with Crippen molar-refractivity contribution in [2.45, 2.75) is 79.2 Å². The van der Waals surface area contributed by atoms with Gasteiger partial charge in [0.1, 0.15) is 0 Å². The van der Waals surface area contributed by atoms with E-state index in [9.17, 15) is 4.79 Å². The molecule has 25 heavy (non-hydrogen) atoms. The molecule has 0 unspecified atom stereocenters. The van der Waals surface area contributed by atoms with E-state index in [2.05, 4.69) is 50.1 Å². The molecule has 0 saturated carbocycles. The molecular formula is C21H36N2O2. The molecule has 1 heterocycles. The number of carbonyl (C=O) groups excluding carboxylic acids is 1. The Morgan fingerprint density at radius 2 is 2.00 bits per heavy atom. The molecule has 0 aliphatic rings. The van der Waals surface area contributed by atoms with Crippen molar-refractivity contribution >= 4 is 5.91 Å². The van der Waals surface area contributed by atoms with Crippen molar-refractivity contribution in [3.63, 3.8) is 0 Å². The molecule has 0 spiro atoms. The molecule has 142 valence electrons. The quantitative estimate of drug-likeness (QED) is 0.651. The van der Waals surface area contributed by atoms with Crippen LogP contribution >= 0.6 is 0 Å². The Bertz CT molecular complexity index is 539. The first kappa shape index (κ1) is 21.6. The van der Waals surface area contributed by atoms with E-state index in [1.165, 1.54) is 12.0 Å². The number of rotatable bonds is 11. The van der Waals surface area contributed by atoms with Crippen LogP contribution in [0.3, 0.4) is 0 Å². The lowest BCUT2D eigenvalue weighted by atomic mass is 10.0. The van der Waals surface area contributed by atoms with Crippen LogP contribution < -0.4 is 5.32 Å². The molecule has 0 aliphatic carbocycles. The molecule has 0 saturated heterocycles. The normalized spacial score (nSPS) is 11.8. The maximum Gasteiger partial charge on any atom is 0.220 e. The molecular weight excluding hydrogens is 312 g/mol. The number of aromatic nitrogens is 1. The highest BCUT2D eigenvalue weighted by atomic mass is 16.5. The fourth-order valence-electron chi connectivity index (χ4n) is 2.84. The summed E-state index contributed by atoms with van der Waals surface area (Å²) in [6, 6.07) is 4.31. The first-order valence-corrected chi connectivity index (χ1v) is 9.59. The molecule has 4 heteroatoms. The Labute approximate surface area is 153 Å². The predicted molar refractivity (Wildman–Crippen MR) is 104 cm³/mol. The Hall–Kier alpha value is -1.42. The van der Waals surface area contributed by atoms with Gasteiger partial charge in [-0.2, -0.15) is 0 Å². The SMILES string of the molecule is CCOC(C)(C)CCNC(=O)CCc1cc(CCC(C)C)cc(C)n1. The summed E-state index contributed by atoms with van der Waals surface area (Å²) in [6.07, 6.45) is 4.24. The molecule has 0 atom stereocenters. The summed E-state index contributed by atoms with van der Waals surface area (Å²) in [6.45, 7) is 13.9. The van der Waals surface area contributed by atoms with Crippen molar-refractivity contribution in [2.24, 2.45) is 5.92 Å². The van der Waals surface area contributed by atoms with Crippen LogP contribution in [-0.2, 0) is 22.4 Å². The summed E-state index contributed by atoms with van der Waals surface area (Å²) in [5.74, 6) is 0.781. The van der Waals surface area contributed by atoms with Crippen LogP contribution in [0.15, 0.2) is 12.1 Å². The Morgan fingerprint density at radius 3 is 2.64 bits per heavy atom. The second kappa shape index (κ2) is 10.5. The monoisotopic (exact) mass is 348 g/mol. The van der Waals surface area contributed by atoms with Crippen LogP contribution in [0.1, 0.15) is 70.8 Å². The molecule has 0 bridgehead atoms. The molecule has 1 amide bonds. The third-order valence-electron chi connectivity index (χ3n) is 4.27. The zero-order chi connectivity index (χ0) is 18.9. The molecule has 1 aromatic heterocycles. The topological polar surface area (TPSA) is 51.2 Å². The van der Waals surface area contributed by atoms with Crippen molar-refractivity contribution in [2.75, 3.05) is 13.2 Å². The van der Waals surface area contributed by atoms with Crippen molar-refractivity contribution in [3.05, 3.63) is 29.1 Å². The van der Waals surface area contributed by atoms with E-state index in [4.69, 9.17) is 4.74 Å². The van der Waals surface area contributed by atoms with Gasteiger partial charge >= 0.3 is 0 Å². The molecule has 0 aliphatic heterocycles. The van der Waals surface area contributed by atoms with Crippen LogP contribution in [0.5, 0.6) is 0 Å². The lowest BCUT2D eigenvalue weighted by Gasteiger charge is -2.24. The third-order valence-corrected chi connectivity index (χ3v) is 4.27. The Kier molecular flexibility index (Phi) is 9.12. The largest absolute Gasteiger partial charge is 0.376 e. The summed E-state index contributed by atoms with van der Waals surface area (Å²) in [4.78, 5) is 16.6. The highest BCUT2D eigenvalue weighted by Crippen LogP contribution is 2.14. The van der Waals surface area contributed by atoms with E-state index in [1.54, 1.807) is 0 Å². The van der Waals surface area contributed by atoms with Crippen molar-refractivity contribution in [1.82, 2.24) is 10.3 Å². The van der Waals surface area contributed by atoms with E-state index in [0.29, 0.717) is 31.9 Å². The van der Waals surface area contributed by atoms with E-state index in [-0.39, 0.29) is 11.5 Å². The van der Waals surface area contributed by atoms with E-state index in [0.717, 1.165) is 24.2 Å². The summed E-state index contributed by atoms with van der Waals surface area (Å²) >= 11 is 0. The molecule has 1 aromatic rings. The van der Waals surface area contributed by atoms with Gasteiger partial charge in [-0.3, -0.25) is 9.78 Å². The molecule has 0 fully saturated rings. The summed E-state index contributed by atoms with van der Waals surface area (Å²) < 4.78 is 5.65. The third kappa shape index (κ3) is 9.59. The summed E-state index contributed by atoms with van der Waals surface area (Å²) in [5.41, 5.74) is 3.19. The number of aryl methyl sites for hydroxylation is 3. The van der Waals surface area contributed by atoms with Gasteiger partial charge in [-0.05, 0) is 77.0 Å². The van der Waals surface area contributed by atoms with Gasteiger partial charge in [0.15, 0.2) is 0 Å². The zero-order valence-electron chi connectivity index (χ0n) is 16.9. The average Bonchev–Trinajstić information content (AvgIpc) is 2.50. The summed E-state index contributed by atoms with van der Waals surface area (Å²) in [7, 11) is 0. The van der Waals surface area contributed by atoms with Gasteiger partial charge in [0.2, 0.25) is 5.91 Å². The standard InChI is InChI=1S/C21H36N2O2/c1-7-25-21(5,6)12-13-22-20(24)11-10-19-15-18(9-8-16(2)3)14-17(4)23-19/h14-16H,7-13H2,1-6H3,(H,22,24). The number of hydrogen-bond donors (Lipinski definition) is 1. The lowest BCUT2D eigenvalue weighted by molar-refractivity contribution is -0.121. The number of nitrogens with zero attached hydrogens (tertiary/aromatic N) is 1. The van der Waals surface area contributed by atoms with Crippen LogP contribution in [0.25, 0.3) is 0 Å². The van der Waals surface area contributed by atoms with Crippen LogP contribution in [0.4, 0.5) is 0 Å². The predicted octanol–water partition coefficient (Wildman–Crippen LogP) is 4.23. The highest BCUT2D eigenvalue weighted by molar-refractivity contribution is 5.76. The number of amides is 1. The van der Waals surface area contributed by atoms with Gasteiger partial charge in [0.25, 0.3) is 0 Å². The van der Waals surface area contributed by atoms with Gasteiger partial charge in [0.05, 0.1) is 5.60 Å². The summed E-state index contributed by atoms with van der Waals surface area (Å²) in [5, 5.41) is 2.99. The van der Waals surface area contributed by atoms with E-state index in [1.807, 2.05) is 13.8 Å². The maximum atomic E-state index is 12.1. The van der Waals surface area contributed by atoms with Gasteiger partial charge in [-0.15, -0.1) is 0 Å². The fourth-order valence-corrected chi connectivity index (χ4v) is 2.84. The molecule has 4 nitrogen and oxygen atoms in total. The minimum absolute atomic E-state index is 0.0827. The van der Waals surface area contributed by atoms with Gasteiger partial charge in [-0.1, -0.05) is 13.8 Å². The van der Waals surface area contributed by atoms with Crippen molar-refractivity contribution < 1.29 is 9.53 Å². The van der Waals surface area contributed by atoms with Gasteiger partial charge < -0.3 is 10.1 Å². The number of hydrogen-bond acceptors (Lipinski definition) is 3. The second-order valence-electron chi connectivity index (χ2n) is 7.83. The second-order valence-corrected chi connectivity index (χ2v) is 7.83. The van der Waals surface area contributed by atoms with Gasteiger partial charge in [0, 0.05) is 31.0 Å². The first-order chi connectivity index (χ1) is 11.7. The zero-order valence-corrected chi connectivity index (χ0v) is 16.9. The number of nitrogens with one attached hydrogen (secondary N) is 1. The lowest BCUT2D eigenvalue weighted by Crippen LogP contribution is -2.33. The molecule has 1 rings (SSSR count). The number of carbonyl (C=O) groups is 1. The maximum absolute atomic E-state index is 12.1. The molecule has 0 radical (unpaired) electrons.